The van der Waals surface area contributed by atoms with Gasteiger partial charge in [-0.1, -0.05) is 30.3 Å². The number of urea groups is 1. The van der Waals surface area contributed by atoms with E-state index in [4.69, 9.17) is 0 Å². The van der Waals surface area contributed by atoms with Crippen LogP contribution in [0.15, 0.2) is 54.6 Å². The van der Waals surface area contributed by atoms with E-state index in [1.807, 2.05) is 66.4 Å². The van der Waals surface area contributed by atoms with Crippen LogP contribution >= 0.6 is 11.3 Å². The molecule has 4 rings (SSSR count). The molecule has 1 aromatic heterocycles. The number of rotatable bonds is 2. The van der Waals surface area contributed by atoms with Crippen molar-refractivity contribution < 1.29 is 9.59 Å². The molecule has 1 aliphatic heterocycles. The maximum Gasteiger partial charge on any atom is 0.321 e. The smallest absolute Gasteiger partial charge is 0.321 e. The topological polar surface area (TPSA) is 52.7 Å². The van der Waals surface area contributed by atoms with E-state index in [9.17, 15) is 9.59 Å². The Morgan fingerprint density at radius 2 is 1.67 bits per heavy atom. The zero-order valence-corrected chi connectivity index (χ0v) is 16.0. The molecular formula is C21H21N3O2S. The number of fused-ring (bicyclic) bond motifs is 1. The van der Waals surface area contributed by atoms with Crippen LogP contribution in [0.5, 0.6) is 0 Å². The average molecular weight is 379 g/mol. The first-order valence-corrected chi connectivity index (χ1v) is 9.82. The third-order valence-corrected chi connectivity index (χ3v) is 5.86. The standard InChI is InChI=1S/C21H21N3O2S/c1-15-5-4-7-17(13-15)22-21(26)24-11-9-23(10-12-24)20(25)19-14-16-6-2-3-8-18(16)27-19/h2-8,13-14H,9-12H2,1H3,(H,22,26). The molecule has 5 nitrogen and oxygen atoms in total. The first-order valence-electron chi connectivity index (χ1n) is 9.00. The van der Waals surface area contributed by atoms with E-state index >= 15 is 0 Å². The molecule has 27 heavy (non-hydrogen) atoms. The molecule has 1 aliphatic rings. The van der Waals surface area contributed by atoms with Gasteiger partial charge >= 0.3 is 6.03 Å². The summed E-state index contributed by atoms with van der Waals surface area (Å²) in [5.74, 6) is 0.0509. The van der Waals surface area contributed by atoms with Gasteiger partial charge in [0.15, 0.2) is 0 Å². The van der Waals surface area contributed by atoms with Crippen LogP contribution in [0.25, 0.3) is 10.1 Å². The minimum atomic E-state index is -0.116. The van der Waals surface area contributed by atoms with Crippen molar-refractivity contribution in [1.82, 2.24) is 9.80 Å². The first kappa shape index (κ1) is 17.5. The lowest BCUT2D eigenvalue weighted by Gasteiger charge is -2.34. The number of hydrogen-bond donors (Lipinski definition) is 1. The van der Waals surface area contributed by atoms with Crippen molar-refractivity contribution in [2.45, 2.75) is 6.92 Å². The Kier molecular flexibility index (Phi) is 4.81. The van der Waals surface area contributed by atoms with Crippen LogP contribution in [0.1, 0.15) is 15.2 Å². The molecule has 2 aromatic carbocycles. The average Bonchev–Trinajstić information content (AvgIpc) is 3.12. The summed E-state index contributed by atoms with van der Waals surface area (Å²) < 4.78 is 1.12. The number of nitrogens with zero attached hydrogens (tertiary/aromatic N) is 2. The van der Waals surface area contributed by atoms with E-state index in [0.717, 1.165) is 26.2 Å². The Hall–Kier alpha value is -2.86. The maximum absolute atomic E-state index is 12.8. The van der Waals surface area contributed by atoms with Gasteiger partial charge < -0.3 is 15.1 Å². The fourth-order valence-electron chi connectivity index (χ4n) is 3.28. The van der Waals surface area contributed by atoms with Crippen molar-refractivity contribution in [2.75, 3.05) is 31.5 Å². The number of thiophene rings is 1. The number of nitrogens with one attached hydrogen (secondary N) is 1. The zero-order chi connectivity index (χ0) is 18.8. The van der Waals surface area contributed by atoms with Crippen molar-refractivity contribution in [1.29, 1.82) is 0 Å². The second kappa shape index (κ2) is 7.40. The predicted octanol–water partition coefficient (Wildman–Crippen LogP) is 4.20. The Morgan fingerprint density at radius 3 is 2.41 bits per heavy atom. The first-order chi connectivity index (χ1) is 13.1. The fraction of sp³-hybridized carbons (Fsp3) is 0.238. The summed E-state index contributed by atoms with van der Waals surface area (Å²) in [6.45, 7) is 4.17. The van der Waals surface area contributed by atoms with Crippen LogP contribution in [0.3, 0.4) is 0 Å². The van der Waals surface area contributed by atoms with Gasteiger partial charge in [-0.25, -0.2) is 4.79 Å². The second-order valence-corrected chi connectivity index (χ2v) is 7.81. The number of piperazine rings is 1. The molecular weight excluding hydrogens is 358 g/mol. The molecule has 3 aromatic rings. The molecule has 0 radical (unpaired) electrons. The van der Waals surface area contributed by atoms with E-state index in [2.05, 4.69) is 5.32 Å². The highest BCUT2D eigenvalue weighted by Gasteiger charge is 2.25. The van der Waals surface area contributed by atoms with E-state index in [0.29, 0.717) is 26.2 Å². The second-order valence-electron chi connectivity index (χ2n) is 6.73. The maximum atomic E-state index is 12.8. The number of benzene rings is 2. The molecule has 1 saturated heterocycles. The minimum absolute atomic E-state index is 0.0509. The van der Waals surface area contributed by atoms with Gasteiger partial charge in [0, 0.05) is 36.6 Å². The Balaban J connectivity index is 1.36. The summed E-state index contributed by atoms with van der Waals surface area (Å²) in [6, 6.07) is 17.6. The van der Waals surface area contributed by atoms with Gasteiger partial charge in [-0.2, -0.15) is 0 Å². The van der Waals surface area contributed by atoms with Gasteiger partial charge in [-0.15, -0.1) is 11.3 Å². The summed E-state index contributed by atoms with van der Waals surface area (Å²) in [4.78, 5) is 29.6. The molecule has 1 N–H and O–H groups in total. The number of anilines is 1. The summed E-state index contributed by atoms with van der Waals surface area (Å²) in [7, 11) is 0. The third-order valence-electron chi connectivity index (χ3n) is 4.76. The Labute approximate surface area is 162 Å². The summed E-state index contributed by atoms with van der Waals surface area (Å²) >= 11 is 1.53. The van der Waals surface area contributed by atoms with Gasteiger partial charge in [-0.05, 0) is 42.1 Å². The van der Waals surface area contributed by atoms with E-state index in [1.54, 1.807) is 4.90 Å². The number of carbonyl (C=O) groups is 2. The molecule has 0 bridgehead atoms. The van der Waals surface area contributed by atoms with Gasteiger partial charge in [-0.3, -0.25) is 4.79 Å². The molecule has 2 heterocycles. The number of aryl methyl sites for hydroxylation is 1. The largest absolute Gasteiger partial charge is 0.334 e. The number of amides is 3. The molecule has 0 saturated carbocycles. The van der Waals surface area contributed by atoms with Crippen molar-refractivity contribution in [2.24, 2.45) is 0 Å². The predicted molar refractivity (Wildman–Crippen MR) is 109 cm³/mol. The Bertz CT molecular complexity index is 957. The third kappa shape index (κ3) is 3.80. The van der Waals surface area contributed by atoms with Gasteiger partial charge in [0.25, 0.3) is 5.91 Å². The molecule has 0 spiro atoms. The SMILES string of the molecule is Cc1cccc(NC(=O)N2CCN(C(=O)c3cc4ccccc4s3)CC2)c1. The summed E-state index contributed by atoms with van der Waals surface area (Å²) in [5.41, 5.74) is 1.90. The molecule has 0 aliphatic carbocycles. The van der Waals surface area contributed by atoms with Crippen LogP contribution in [-0.4, -0.2) is 47.9 Å². The Morgan fingerprint density at radius 1 is 0.926 bits per heavy atom. The lowest BCUT2D eigenvalue weighted by atomic mass is 10.2. The van der Waals surface area contributed by atoms with Crippen molar-refractivity contribution in [3.8, 4) is 0 Å². The quantitative estimate of drug-likeness (QED) is 0.725. The van der Waals surface area contributed by atoms with Gasteiger partial charge in [0.05, 0.1) is 4.88 Å². The highest BCUT2D eigenvalue weighted by atomic mass is 32.1. The molecule has 0 atom stereocenters. The normalized spacial score (nSPS) is 14.4. The van der Waals surface area contributed by atoms with Crippen molar-refractivity contribution >= 4 is 39.0 Å². The molecule has 0 unspecified atom stereocenters. The van der Waals surface area contributed by atoms with Crippen molar-refractivity contribution in [3.63, 3.8) is 0 Å². The summed E-state index contributed by atoms with van der Waals surface area (Å²) in [5, 5.41) is 4.03. The highest BCUT2D eigenvalue weighted by molar-refractivity contribution is 7.20. The number of carbonyl (C=O) groups excluding carboxylic acids is 2. The van der Waals surface area contributed by atoms with Crippen LogP contribution in [0, 0.1) is 6.92 Å². The summed E-state index contributed by atoms with van der Waals surface area (Å²) in [6.07, 6.45) is 0. The van der Waals surface area contributed by atoms with Gasteiger partial charge in [0.1, 0.15) is 0 Å². The minimum Gasteiger partial charge on any atom is -0.334 e. The van der Waals surface area contributed by atoms with Crippen LogP contribution in [0.2, 0.25) is 0 Å². The zero-order valence-electron chi connectivity index (χ0n) is 15.1. The van der Waals surface area contributed by atoms with Crippen LogP contribution in [0.4, 0.5) is 10.5 Å². The number of hydrogen-bond acceptors (Lipinski definition) is 3. The molecule has 1 fully saturated rings. The lowest BCUT2D eigenvalue weighted by Crippen LogP contribution is -2.51. The molecule has 138 valence electrons. The van der Waals surface area contributed by atoms with Crippen molar-refractivity contribution in [3.05, 3.63) is 65.0 Å². The molecule has 3 amide bonds. The van der Waals surface area contributed by atoms with E-state index < -0.39 is 0 Å². The monoisotopic (exact) mass is 379 g/mol. The van der Waals surface area contributed by atoms with E-state index in [-0.39, 0.29) is 11.9 Å². The van der Waals surface area contributed by atoms with Gasteiger partial charge in [0.2, 0.25) is 0 Å². The van der Waals surface area contributed by atoms with Crippen LogP contribution < -0.4 is 5.32 Å². The lowest BCUT2D eigenvalue weighted by molar-refractivity contribution is 0.0676. The highest BCUT2D eigenvalue weighted by Crippen LogP contribution is 2.26. The van der Waals surface area contributed by atoms with Crippen LogP contribution in [-0.2, 0) is 0 Å². The molecule has 6 heteroatoms. The van der Waals surface area contributed by atoms with E-state index in [1.165, 1.54) is 11.3 Å². The fourth-order valence-corrected chi connectivity index (χ4v) is 4.31.